The Bertz CT molecular complexity index is 1820. The standard InChI is InChI=1S/C28H28F3N9O3S/c29-28(30,31)17-39-15-18(12-34-39)1-2-19-13-33-26(11-24(19)36-21-3-5-22(41)6-4-21)37-25-9-10-32-27(38-25)20-14-35-40(16-20)44(42,43)23-7-8-23/h9-16,21-23,41H,3-8,17H2,(H2,32,33,36,37,38). The summed E-state index contributed by atoms with van der Waals surface area (Å²) in [4.78, 5) is 13.2. The summed E-state index contributed by atoms with van der Waals surface area (Å²) >= 11 is 0. The summed E-state index contributed by atoms with van der Waals surface area (Å²) in [5, 5.41) is 23.9. The van der Waals surface area contributed by atoms with Crippen molar-refractivity contribution in [3.8, 4) is 23.2 Å². The first kappa shape index (κ1) is 29.6. The molecule has 0 atom stereocenters. The second-order valence-corrected chi connectivity index (χ2v) is 12.9. The molecule has 2 fully saturated rings. The van der Waals surface area contributed by atoms with Gasteiger partial charge in [0.25, 0.3) is 10.0 Å². The highest BCUT2D eigenvalue weighted by Crippen LogP contribution is 2.31. The predicted octanol–water partition coefficient (Wildman–Crippen LogP) is 3.69. The van der Waals surface area contributed by atoms with Crippen LogP contribution >= 0.6 is 0 Å². The molecular weight excluding hydrogens is 599 g/mol. The number of pyridine rings is 1. The summed E-state index contributed by atoms with van der Waals surface area (Å²) in [7, 11) is -3.52. The third-order valence-electron chi connectivity index (χ3n) is 7.21. The van der Waals surface area contributed by atoms with Crippen LogP contribution < -0.4 is 10.6 Å². The van der Waals surface area contributed by atoms with E-state index in [0.717, 1.165) is 21.6 Å². The molecular formula is C28H28F3N9O3S. The van der Waals surface area contributed by atoms with E-state index < -0.39 is 28.0 Å². The fourth-order valence-electron chi connectivity index (χ4n) is 4.80. The van der Waals surface area contributed by atoms with E-state index in [1.807, 2.05) is 0 Å². The molecule has 0 aromatic carbocycles. The number of rotatable bonds is 8. The number of aliphatic hydroxyl groups is 1. The Morgan fingerprint density at radius 2 is 1.77 bits per heavy atom. The highest BCUT2D eigenvalue weighted by molar-refractivity contribution is 7.90. The van der Waals surface area contributed by atoms with Gasteiger partial charge in [-0.1, -0.05) is 11.8 Å². The first-order valence-electron chi connectivity index (χ1n) is 14.0. The highest BCUT2D eigenvalue weighted by atomic mass is 32.2. The zero-order valence-corrected chi connectivity index (χ0v) is 24.1. The van der Waals surface area contributed by atoms with E-state index in [0.29, 0.717) is 59.7 Å². The van der Waals surface area contributed by atoms with Crippen molar-refractivity contribution in [2.24, 2.45) is 0 Å². The molecule has 0 aliphatic heterocycles. The van der Waals surface area contributed by atoms with Gasteiger partial charge >= 0.3 is 6.18 Å². The quantitative estimate of drug-likeness (QED) is 0.247. The lowest BCUT2D eigenvalue weighted by Gasteiger charge is -2.27. The number of aromatic nitrogens is 7. The SMILES string of the molecule is O=S(=O)(C1CC1)n1cc(-c2nccc(Nc3cc(NC4CCC(O)CC4)c(C#Cc4cnn(CC(F)(F)F)c4)cn3)n2)cn1. The van der Waals surface area contributed by atoms with Crippen LogP contribution in [0.4, 0.5) is 30.5 Å². The lowest BCUT2D eigenvalue weighted by molar-refractivity contribution is -0.142. The van der Waals surface area contributed by atoms with Gasteiger partial charge in [-0.2, -0.15) is 27.5 Å². The molecule has 0 spiro atoms. The van der Waals surface area contributed by atoms with Crippen molar-refractivity contribution < 1.29 is 26.7 Å². The topological polar surface area (TPSA) is 153 Å². The van der Waals surface area contributed by atoms with Crippen LogP contribution in [0, 0.1) is 11.8 Å². The van der Waals surface area contributed by atoms with Gasteiger partial charge in [-0.15, -0.1) is 0 Å². The normalized spacial score (nSPS) is 18.8. The Hall–Kier alpha value is -4.49. The van der Waals surface area contributed by atoms with Crippen molar-refractivity contribution in [1.82, 2.24) is 33.9 Å². The monoisotopic (exact) mass is 627 g/mol. The van der Waals surface area contributed by atoms with Crippen molar-refractivity contribution in [2.45, 2.75) is 68.6 Å². The van der Waals surface area contributed by atoms with Crippen LogP contribution in [0.3, 0.4) is 0 Å². The van der Waals surface area contributed by atoms with Crippen LogP contribution in [0.5, 0.6) is 0 Å². The maximum atomic E-state index is 12.7. The molecule has 2 aliphatic rings. The number of aliphatic hydroxyl groups excluding tert-OH is 1. The Morgan fingerprint density at radius 3 is 2.52 bits per heavy atom. The maximum absolute atomic E-state index is 12.7. The summed E-state index contributed by atoms with van der Waals surface area (Å²) in [5.41, 5.74) is 1.94. The van der Waals surface area contributed by atoms with Gasteiger partial charge in [0.2, 0.25) is 0 Å². The first-order chi connectivity index (χ1) is 21.0. The second-order valence-electron chi connectivity index (χ2n) is 10.8. The maximum Gasteiger partial charge on any atom is 0.408 e. The molecule has 4 aromatic heterocycles. The summed E-state index contributed by atoms with van der Waals surface area (Å²) in [6.07, 6.45) is 7.74. The van der Waals surface area contributed by atoms with Crippen molar-refractivity contribution in [3.63, 3.8) is 0 Å². The van der Waals surface area contributed by atoms with Crippen molar-refractivity contribution in [2.75, 3.05) is 10.6 Å². The van der Waals surface area contributed by atoms with Crippen LogP contribution in [0.15, 0.2) is 49.3 Å². The van der Waals surface area contributed by atoms with Gasteiger partial charge in [0.1, 0.15) is 18.2 Å². The van der Waals surface area contributed by atoms with E-state index in [1.165, 1.54) is 31.0 Å². The molecule has 12 nitrogen and oxygen atoms in total. The van der Waals surface area contributed by atoms with E-state index in [2.05, 4.69) is 47.6 Å². The minimum absolute atomic E-state index is 0.0813. The minimum Gasteiger partial charge on any atom is -0.393 e. The molecule has 16 heteroatoms. The minimum atomic E-state index is -4.39. The van der Waals surface area contributed by atoms with E-state index in [-0.39, 0.29) is 18.0 Å². The number of hydrogen-bond acceptors (Lipinski definition) is 10. The van der Waals surface area contributed by atoms with Crippen molar-refractivity contribution in [3.05, 3.63) is 60.4 Å². The van der Waals surface area contributed by atoms with Crippen LogP contribution in [0.2, 0.25) is 0 Å². The number of halogens is 3. The van der Waals surface area contributed by atoms with Crippen LogP contribution in [-0.2, 0) is 16.6 Å². The molecule has 6 rings (SSSR count). The lowest BCUT2D eigenvalue weighted by Crippen LogP contribution is -2.28. The molecule has 2 saturated carbocycles. The summed E-state index contributed by atoms with van der Waals surface area (Å²) in [6, 6.07) is 3.47. The number of hydrogen-bond donors (Lipinski definition) is 3. The van der Waals surface area contributed by atoms with Gasteiger partial charge < -0.3 is 15.7 Å². The van der Waals surface area contributed by atoms with E-state index in [4.69, 9.17) is 0 Å². The smallest absolute Gasteiger partial charge is 0.393 e. The van der Waals surface area contributed by atoms with E-state index >= 15 is 0 Å². The Morgan fingerprint density at radius 1 is 0.977 bits per heavy atom. The van der Waals surface area contributed by atoms with Crippen LogP contribution in [0.25, 0.3) is 11.4 Å². The molecule has 3 N–H and O–H groups in total. The highest BCUT2D eigenvalue weighted by Gasteiger charge is 2.37. The van der Waals surface area contributed by atoms with Gasteiger partial charge in [-0.25, -0.2) is 23.4 Å². The number of nitrogens with zero attached hydrogens (tertiary/aromatic N) is 7. The number of anilines is 3. The molecule has 0 unspecified atom stereocenters. The largest absolute Gasteiger partial charge is 0.408 e. The summed E-state index contributed by atoms with van der Waals surface area (Å²) in [5.74, 6) is 6.96. The fourth-order valence-corrected chi connectivity index (χ4v) is 6.27. The van der Waals surface area contributed by atoms with E-state index in [9.17, 15) is 26.7 Å². The van der Waals surface area contributed by atoms with Gasteiger partial charge in [0.15, 0.2) is 5.82 Å². The molecule has 4 aromatic rings. The first-order valence-corrected chi connectivity index (χ1v) is 15.5. The Balaban J connectivity index is 1.23. The predicted molar refractivity (Wildman–Crippen MR) is 154 cm³/mol. The zero-order chi connectivity index (χ0) is 30.9. The molecule has 0 amide bonds. The third-order valence-corrected chi connectivity index (χ3v) is 9.25. The molecule has 2 aliphatic carbocycles. The lowest BCUT2D eigenvalue weighted by atomic mass is 9.93. The van der Waals surface area contributed by atoms with Gasteiger partial charge in [-0.3, -0.25) is 4.68 Å². The van der Waals surface area contributed by atoms with Crippen LogP contribution in [0.1, 0.15) is 49.7 Å². The van der Waals surface area contributed by atoms with Crippen molar-refractivity contribution in [1.29, 1.82) is 0 Å². The molecule has 230 valence electrons. The summed E-state index contributed by atoms with van der Waals surface area (Å²) in [6.45, 7) is -1.20. The number of nitrogens with one attached hydrogen (secondary N) is 2. The van der Waals surface area contributed by atoms with Gasteiger partial charge in [0.05, 0.1) is 52.3 Å². The van der Waals surface area contributed by atoms with E-state index in [1.54, 1.807) is 18.3 Å². The van der Waals surface area contributed by atoms with Crippen molar-refractivity contribution >= 4 is 27.3 Å². The molecule has 44 heavy (non-hydrogen) atoms. The Kier molecular flexibility index (Phi) is 7.99. The third kappa shape index (κ3) is 7.17. The molecule has 0 radical (unpaired) electrons. The second kappa shape index (κ2) is 11.9. The fraction of sp³-hybridized carbons (Fsp3) is 0.393. The molecule has 4 heterocycles. The number of alkyl halides is 3. The zero-order valence-electron chi connectivity index (χ0n) is 23.2. The van der Waals surface area contributed by atoms with Gasteiger partial charge in [-0.05, 0) is 44.6 Å². The molecule has 0 saturated heterocycles. The molecule has 0 bridgehead atoms. The average molecular weight is 628 g/mol. The summed E-state index contributed by atoms with van der Waals surface area (Å²) < 4.78 is 64.9. The average Bonchev–Trinajstić information content (AvgIpc) is 3.57. The Labute approximate surface area is 250 Å². The van der Waals surface area contributed by atoms with Gasteiger partial charge in [0, 0.05) is 30.7 Å². The van der Waals surface area contributed by atoms with Crippen LogP contribution in [-0.4, -0.2) is 71.0 Å².